The standard InChI is InChI=1S/C15H26N6/c1-2-16-13-18-14(17-9-8-12-6-5-7-12)20-15(19-13)21-10-3-4-11-21/h12H,2-11H2,1H3,(H2,16,17,18,19,20). The van der Waals surface area contributed by atoms with Crippen LogP contribution in [-0.4, -0.2) is 41.1 Å². The smallest absolute Gasteiger partial charge is 0.231 e. The van der Waals surface area contributed by atoms with E-state index in [0.717, 1.165) is 38.0 Å². The van der Waals surface area contributed by atoms with Crippen LogP contribution in [0.25, 0.3) is 0 Å². The Bertz CT molecular complexity index is 453. The predicted octanol–water partition coefficient (Wildman–Crippen LogP) is 2.51. The Morgan fingerprint density at radius 3 is 2.33 bits per heavy atom. The largest absolute Gasteiger partial charge is 0.354 e. The van der Waals surface area contributed by atoms with Crippen molar-refractivity contribution in [2.24, 2.45) is 5.92 Å². The van der Waals surface area contributed by atoms with Crippen LogP contribution < -0.4 is 15.5 Å². The van der Waals surface area contributed by atoms with Crippen molar-refractivity contribution in [2.75, 3.05) is 41.7 Å². The lowest BCUT2D eigenvalue weighted by Crippen LogP contribution is -2.23. The molecule has 0 bridgehead atoms. The average molecular weight is 290 g/mol. The molecule has 2 N–H and O–H groups in total. The fourth-order valence-corrected chi connectivity index (χ4v) is 2.91. The molecule has 1 saturated carbocycles. The van der Waals surface area contributed by atoms with Gasteiger partial charge in [-0.25, -0.2) is 0 Å². The monoisotopic (exact) mass is 290 g/mol. The number of nitrogens with one attached hydrogen (secondary N) is 2. The van der Waals surface area contributed by atoms with Crippen LogP contribution >= 0.6 is 0 Å². The zero-order chi connectivity index (χ0) is 14.5. The maximum Gasteiger partial charge on any atom is 0.231 e. The van der Waals surface area contributed by atoms with Crippen LogP contribution in [0.3, 0.4) is 0 Å². The van der Waals surface area contributed by atoms with E-state index in [0.29, 0.717) is 11.9 Å². The summed E-state index contributed by atoms with van der Waals surface area (Å²) < 4.78 is 0. The molecule has 0 unspecified atom stereocenters. The molecule has 2 fully saturated rings. The molecule has 0 spiro atoms. The Morgan fingerprint density at radius 1 is 1.00 bits per heavy atom. The van der Waals surface area contributed by atoms with Crippen LogP contribution in [0.1, 0.15) is 45.4 Å². The van der Waals surface area contributed by atoms with Gasteiger partial charge in [-0.3, -0.25) is 0 Å². The van der Waals surface area contributed by atoms with Gasteiger partial charge in [0.15, 0.2) is 0 Å². The van der Waals surface area contributed by atoms with Crippen molar-refractivity contribution >= 4 is 17.8 Å². The molecule has 0 atom stereocenters. The molecule has 0 amide bonds. The minimum absolute atomic E-state index is 0.681. The van der Waals surface area contributed by atoms with Crippen LogP contribution in [0.2, 0.25) is 0 Å². The van der Waals surface area contributed by atoms with Gasteiger partial charge in [0.2, 0.25) is 17.8 Å². The van der Waals surface area contributed by atoms with E-state index in [1.54, 1.807) is 0 Å². The number of rotatable bonds is 7. The topological polar surface area (TPSA) is 66.0 Å². The highest BCUT2D eigenvalue weighted by Crippen LogP contribution is 2.29. The first-order chi connectivity index (χ1) is 10.3. The highest BCUT2D eigenvalue weighted by Gasteiger charge is 2.18. The van der Waals surface area contributed by atoms with Crippen molar-refractivity contribution in [3.63, 3.8) is 0 Å². The maximum atomic E-state index is 4.59. The molecule has 1 aromatic rings. The van der Waals surface area contributed by atoms with Crippen LogP contribution in [0, 0.1) is 5.92 Å². The first-order valence-corrected chi connectivity index (χ1v) is 8.34. The summed E-state index contributed by atoms with van der Waals surface area (Å²) in [6.45, 7) is 5.95. The van der Waals surface area contributed by atoms with Gasteiger partial charge >= 0.3 is 0 Å². The van der Waals surface area contributed by atoms with E-state index in [1.807, 2.05) is 0 Å². The van der Waals surface area contributed by atoms with Crippen LogP contribution in [0.15, 0.2) is 0 Å². The summed E-state index contributed by atoms with van der Waals surface area (Å²) in [7, 11) is 0. The number of aromatic nitrogens is 3. The van der Waals surface area contributed by atoms with Gasteiger partial charge in [0.1, 0.15) is 0 Å². The Hall–Kier alpha value is -1.59. The third-order valence-electron chi connectivity index (χ3n) is 4.41. The summed E-state index contributed by atoms with van der Waals surface area (Å²) in [6, 6.07) is 0. The van der Waals surface area contributed by atoms with E-state index < -0.39 is 0 Å². The fraction of sp³-hybridized carbons (Fsp3) is 0.800. The minimum Gasteiger partial charge on any atom is -0.354 e. The van der Waals surface area contributed by atoms with Gasteiger partial charge in [-0.2, -0.15) is 15.0 Å². The molecular formula is C15H26N6. The Kier molecular flexibility index (Phi) is 4.72. The molecule has 6 nitrogen and oxygen atoms in total. The molecule has 6 heteroatoms. The summed E-state index contributed by atoms with van der Waals surface area (Å²) in [5, 5.41) is 6.58. The van der Waals surface area contributed by atoms with Crippen molar-refractivity contribution in [1.29, 1.82) is 0 Å². The van der Waals surface area contributed by atoms with Gasteiger partial charge in [0, 0.05) is 26.2 Å². The summed E-state index contributed by atoms with van der Waals surface area (Å²) in [5.41, 5.74) is 0. The zero-order valence-corrected chi connectivity index (χ0v) is 12.9. The number of hydrogen-bond acceptors (Lipinski definition) is 6. The molecule has 1 saturated heterocycles. The van der Waals surface area contributed by atoms with E-state index >= 15 is 0 Å². The third-order valence-corrected chi connectivity index (χ3v) is 4.41. The molecule has 3 rings (SSSR count). The fourth-order valence-electron chi connectivity index (χ4n) is 2.91. The quantitative estimate of drug-likeness (QED) is 0.804. The van der Waals surface area contributed by atoms with Gasteiger partial charge in [-0.1, -0.05) is 19.3 Å². The van der Waals surface area contributed by atoms with Gasteiger partial charge < -0.3 is 15.5 Å². The summed E-state index contributed by atoms with van der Waals surface area (Å²) in [5.74, 6) is 3.11. The molecule has 116 valence electrons. The summed E-state index contributed by atoms with van der Waals surface area (Å²) in [6.07, 6.45) is 7.86. The maximum absolute atomic E-state index is 4.59. The number of hydrogen-bond donors (Lipinski definition) is 2. The second-order valence-electron chi connectivity index (χ2n) is 6.02. The van der Waals surface area contributed by atoms with Crippen molar-refractivity contribution in [3.8, 4) is 0 Å². The third kappa shape index (κ3) is 3.74. The molecule has 1 aliphatic carbocycles. The lowest BCUT2D eigenvalue weighted by molar-refractivity contribution is 0.303. The van der Waals surface area contributed by atoms with Gasteiger partial charge in [0.05, 0.1) is 0 Å². The number of nitrogens with zero attached hydrogens (tertiary/aromatic N) is 4. The molecule has 21 heavy (non-hydrogen) atoms. The SMILES string of the molecule is CCNc1nc(NCCC2CCC2)nc(N2CCCC2)n1. The first-order valence-electron chi connectivity index (χ1n) is 8.34. The predicted molar refractivity (Wildman–Crippen MR) is 85.9 cm³/mol. The van der Waals surface area contributed by atoms with E-state index in [2.05, 4.69) is 37.4 Å². The normalized spacial score (nSPS) is 18.6. The molecule has 0 aromatic carbocycles. The molecule has 1 aromatic heterocycles. The van der Waals surface area contributed by atoms with Gasteiger partial charge in [0.25, 0.3) is 0 Å². The van der Waals surface area contributed by atoms with Crippen molar-refractivity contribution in [1.82, 2.24) is 15.0 Å². The van der Waals surface area contributed by atoms with E-state index in [1.165, 1.54) is 38.5 Å². The molecular weight excluding hydrogens is 264 g/mol. The second kappa shape index (κ2) is 6.91. The van der Waals surface area contributed by atoms with Crippen molar-refractivity contribution < 1.29 is 0 Å². The molecule has 0 radical (unpaired) electrons. The van der Waals surface area contributed by atoms with Gasteiger partial charge in [-0.15, -0.1) is 0 Å². The molecule has 1 aliphatic heterocycles. The first kappa shape index (κ1) is 14.4. The van der Waals surface area contributed by atoms with Crippen LogP contribution in [-0.2, 0) is 0 Å². The summed E-state index contributed by atoms with van der Waals surface area (Å²) >= 11 is 0. The van der Waals surface area contributed by atoms with E-state index in [4.69, 9.17) is 0 Å². The van der Waals surface area contributed by atoms with Crippen LogP contribution in [0.4, 0.5) is 17.8 Å². The Morgan fingerprint density at radius 2 is 1.71 bits per heavy atom. The zero-order valence-electron chi connectivity index (χ0n) is 12.9. The average Bonchev–Trinajstić information content (AvgIpc) is 2.96. The lowest BCUT2D eigenvalue weighted by Gasteiger charge is -2.25. The van der Waals surface area contributed by atoms with Crippen molar-refractivity contribution in [3.05, 3.63) is 0 Å². The Balaban J connectivity index is 1.64. The highest BCUT2D eigenvalue weighted by atomic mass is 15.3. The van der Waals surface area contributed by atoms with E-state index in [9.17, 15) is 0 Å². The lowest BCUT2D eigenvalue weighted by atomic mass is 9.83. The Labute approximate surface area is 126 Å². The number of anilines is 3. The van der Waals surface area contributed by atoms with E-state index in [-0.39, 0.29) is 0 Å². The van der Waals surface area contributed by atoms with Crippen LogP contribution in [0.5, 0.6) is 0 Å². The highest BCUT2D eigenvalue weighted by molar-refractivity contribution is 5.44. The second-order valence-corrected chi connectivity index (χ2v) is 6.02. The summed E-state index contributed by atoms with van der Waals surface area (Å²) in [4.78, 5) is 15.8. The molecule has 2 aliphatic rings. The minimum atomic E-state index is 0.681. The van der Waals surface area contributed by atoms with Crippen molar-refractivity contribution in [2.45, 2.75) is 45.4 Å². The van der Waals surface area contributed by atoms with Gasteiger partial charge in [-0.05, 0) is 32.1 Å². The molecule has 2 heterocycles.